The van der Waals surface area contributed by atoms with Crippen molar-refractivity contribution in [3.05, 3.63) is 204 Å². The van der Waals surface area contributed by atoms with Gasteiger partial charge >= 0.3 is 0 Å². The number of hydrogen-bond donors (Lipinski definition) is 0. The van der Waals surface area contributed by atoms with Gasteiger partial charge < -0.3 is 0 Å². The summed E-state index contributed by atoms with van der Waals surface area (Å²) in [6.45, 7) is 26.7. The van der Waals surface area contributed by atoms with Gasteiger partial charge in [0, 0.05) is 0 Å². The Balaban J connectivity index is 1.93. The van der Waals surface area contributed by atoms with Gasteiger partial charge in [0.2, 0.25) is 0 Å². The van der Waals surface area contributed by atoms with Crippen molar-refractivity contribution < 1.29 is 0 Å². The Morgan fingerprint density at radius 2 is 1.18 bits per heavy atom. The lowest BCUT2D eigenvalue weighted by atomic mass is 9.63. The molecule has 0 aromatic heterocycles. The Hall–Kier alpha value is -4.94. The molecule has 237 valence electrons. The van der Waals surface area contributed by atoms with Crippen LogP contribution in [0.25, 0.3) is 16.7 Å². The predicted molar refractivity (Wildman–Crippen MR) is 226 cm³/mol. The van der Waals surface area contributed by atoms with E-state index in [-0.39, 0.29) is 0 Å². The summed E-state index contributed by atoms with van der Waals surface area (Å²) in [5.74, 6) is 0. The topological polar surface area (TPSA) is 0 Å². The average Bonchev–Trinajstić information content (AvgIpc) is 3.08. The maximum atomic E-state index is 5.65. The van der Waals surface area contributed by atoms with Crippen LogP contribution >= 0.6 is 0 Å². The molecule has 0 atom stereocenters. The van der Waals surface area contributed by atoms with Gasteiger partial charge in [0.05, 0.1) is 0 Å². The Morgan fingerprint density at radius 3 is 1.73 bits per heavy atom. The van der Waals surface area contributed by atoms with Gasteiger partial charge in [0.15, 0.2) is 21.8 Å². The molecule has 4 heteroatoms. The summed E-state index contributed by atoms with van der Waals surface area (Å²) in [6, 6.07) is 25.7. The normalized spacial score (nSPS) is 12.5. The lowest BCUT2D eigenvalue weighted by molar-refractivity contribution is 1.39. The van der Waals surface area contributed by atoms with Gasteiger partial charge in [0.1, 0.15) is 7.85 Å². The van der Waals surface area contributed by atoms with E-state index >= 15 is 0 Å². The van der Waals surface area contributed by atoms with Gasteiger partial charge in [0.25, 0.3) is 0 Å². The molecule has 0 nitrogen and oxygen atoms in total. The number of hydrogen-bond acceptors (Lipinski definition) is 0. The third kappa shape index (κ3) is 13.6. The summed E-state index contributed by atoms with van der Waals surface area (Å²) in [5, 5.41) is 0. The molecule has 3 rings (SSSR count). The standard InChI is InChI=1S/C45H45B4/c1-10-12-13-36(8)47-44-28-21-40(22-29-44)41(30-33(5)38-17-24-43(25-18-38)48-37(9)16-15-35(7)46)31-34(6)39-19-26-45(27-20-39)49-42(11-2)23-14-32(3)4/h10-31H,2,5,7,9H2,1,3-4,6,8H3/b12-10-,16-15-,34-31+,36-13+,41-30+,42-23+. The molecule has 3 aromatic rings. The lowest BCUT2D eigenvalue weighted by Crippen LogP contribution is -2.15. The molecule has 5 radical (unpaired) electrons. The van der Waals surface area contributed by atoms with Crippen molar-refractivity contribution in [2.75, 3.05) is 0 Å². The molecule has 49 heavy (non-hydrogen) atoms. The van der Waals surface area contributed by atoms with E-state index in [9.17, 15) is 0 Å². The smallest absolute Gasteiger partial charge is 0.106 e. The first-order valence-electron chi connectivity index (χ1n) is 16.5. The minimum atomic E-state index is 0.498. The van der Waals surface area contributed by atoms with Crippen LogP contribution in [0.1, 0.15) is 51.3 Å². The number of benzene rings is 3. The van der Waals surface area contributed by atoms with Gasteiger partial charge in [-0.15, -0.1) is 24.1 Å². The van der Waals surface area contributed by atoms with E-state index in [0.717, 1.165) is 60.7 Å². The van der Waals surface area contributed by atoms with Crippen LogP contribution in [0.5, 0.6) is 0 Å². The molecule has 0 aliphatic heterocycles. The van der Waals surface area contributed by atoms with Crippen molar-refractivity contribution >= 4 is 62.8 Å². The summed E-state index contributed by atoms with van der Waals surface area (Å²) >= 11 is 0. The van der Waals surface area contributed by atoms with Crippen molar-refractivity contribution in [2.24, 2.45) is 0 Å². The zero-order valence-electron chi connectivity index (χ0n) is 29.8. The highest BCUT2D eigenvalue weighted by molar-refractivity contribution is 6.62. The fourth-order valence-corrected chi connectivity index (χ4v) is 4.87. The van der Waals surface area contributed by atoms with Crippen LogP contribution < -0.4 is 16.4 Å². The molecule has 3 aromatic carbocycles. The van der Waals surface area contributed by atoms with E-state index in [2.05, 4.69) is 178 Å². The molecule has 0 spiro atoms. The Bertz CT molecular complexity index is 1850. The van der Waals surface area contributed by atoms with Gasteiger partial charge in [-0.3, -0.25) is 0 Å². The van der Waals surface area contributed by atoms with Gasteiger partial charge in [-0.1, -0.05) is 180 Å². The second-order valence-corrected chi connectivity index (χ2v) is 12.3. The first-order valence-corrected chi connectivity index (χ1v) is 16.5. The largest absolute Gasteiger partial charge is 0.191 e. The number of rotatable bonds is 16. The van der Waals surface area contributed by atoms with Crippen LogP contribution in [0.3, 0.4) is 0 Å². The molecule has 0 N–H and O–H groups in total. The highest BCUT2D eigenvalue weighted by Crippen LogP contribution is 2.26. The van der Waals surface area contributed by atoms with E-state index in [0.29, 0.717) is 5.47 Å². The number of allylic oxidation sites excluding steroid dienone is 18. The SMILES string of the molecule is [B]C(=C)/C=C\C(=C)[B]c1ccc(C(=C)/C=C(\C=C(/C)c2ccc([B]/C(C=C)=C/C=C(C)C)cc2)c2ccc([B]/C(C)=C/C=C\C)cc2)cc1. The third-order valence-electron chi connectivity index (χ3n) is 7.58. The zero-order chi connectivity index (χ0) is 35.8. The average molecular weight is 629 g/mol. The summed E-state index contributed by atoms with van der Waals surface area (Å²) in [4.78, 5) is 0. The Labute approximate surface area is 300 Å². The molecule has 0 saturated carbocycles. The molecule has 0 heterocycles. The van der Waals surface area contributed by atoms with E-state index in [1.807, 2.05) is 32.4 Å². The molecule has 0 amide bonds. The summed E-state index contributed by atoms with van der Waals surface area (Å²) in [5.41, 5.74) is 14.7. The van der Waals surface area contributed by atoms with Crippen molar-refractivity contribution in [1.82, 2.24) is 0 Å². The molecule has 0 saturated heterocycles. The maximum Gasteiger partial charge on any atom is 0.191 e. The molecule has 0 aliphatic rings. The van der Waals surface area contributed by atoms with Crippen LogP contribution in [0, 0.1) is 0 Å². The van der Waals surface area contributed by atoms with Crippen molar-refractivity contribution in [3.63, 3.8) is 0 Å². The molecule has 0 unspecified atom stereocenters. The van der Waals surface area contributed by atoms with Crippen LogP contribution in [-0.4, -0.2) is 29.7 Å². The molecule has 0 aliphatic carbocycles. The minimum absolute atomic E-state index is 0.498. The van der Waals surface area contributed by atoms with Crippen LogP contribution in [0.2, 0.25) is 0 Å². The van der Waals surface area contributed by atoms with Gasteiger partial charge in [-0.05, 0) is 67.2 Å². The van der Waals surface area contributed by atoms with Crippen LogP contribution in [0.4, 0.5) is 0 Å². The first kappa shape index (κ1) is 38.5. The Kier molecular flexibility index (Phi) is 15.5. The molecule has 0 fully saturated rings. The molecular formula is C45H45B4. The molecular weight excluding hydrogens is 584 g/mol. The maximum absolute atomic E-state index is 5.65. The monoisotopic (exact) mass is 629 g/mol. The van der Waals surface area contributed by atoms with Gasteiger partial charge in [-0.2, -0.15) is 0 Å². The fraction of sp³-hybridized carbons (Fsp3) is 0.111. The van der Waals surface area contributed by atoms with E-state index in [1.54, 1.807) is 6.08 Å². The zero-order valence-corrected chi connectivity index (χ0v) is 29.8. The van der Waals surface area contributed by atoms with E-state index in [1.165, 1.54) is 11.0 Å². The van der Waals surface area contributed by atoms with Crippen LogP contribution in [-0.2, 0) is 0 Å². The minimum Gasteiger partial charge on any atom is -0.106 e. The van der Waals surface area contributed by atoms with E-state index in [4.69, 9.17) is 7.85 Å². The van der Waals surface area contributed by atoms with E-state index < -0.39 is 0 Å². The Morgan fingerprint density at radius 1 is 0.633 bits per heavy atom. The summed E-state index contributed by atoms with van der Waals surface area (Å²) in [7, 11) is 12.0. The molecule has 0 bridgehead atoms. The third-order valence-corrected chi connectivity index (χ3v) is 7.58. The second kappa shape index (κ2) is 19.8. The summed E-state index contributed by atoms with van der Waals surface area (Å²) < 4.78 is 0. The second-order valence-electron chi connectivity index (χ2n) is 12.3. The summed E-state index contributed by atoms with van der Waals surface area (Å²) in [6.07, 6.45) is 20.3. The van der Waals surface area contributed by atoms with Crippen molar-refractivity contribution in [1.29, 1.82) is 0 Å². The highest BCUT2D eigenvalue weighted by atomic mass is 14.1. The van der Waals surface area contributed by atoms with Gasteiger partial charge in [-0.25, -0.2) is 0 Å². The lowest BCUT2D eigenvalue weighted by Gasteiger charge is -2.11. The highest BCUT2D eigenvalue weighted by Gasteiger charge is 2.07. The predicted octanol–water partition coefficient (Wildman–Crippen LogP) is 9.14. The van der Waals surface area contributed by atoms with Crippen molar-refractivity contribution in [3.8, 4) is 0 Å². The van der Waals surface area contributed by atoms with Crippen molar-refractivity contribution in [2.45, 2.75) is 34.6 Å². The fourth-order valence-electron chi connectivity index (χ4n) is 4.87. The van der Waals surface area contributed by atoms with Crippen LogP contribution in [0.15, 0.2) is 187 Å². The first-order chi connectivity index (χ1) is 23.5. The quantitative estimate of drug-likeness (QED) is 0.110.